The molecular weight excluding hydrogens is 492 g/mol. The number of likely N-dealkylation sites (tertiary alicyclic amines) is 1. The standard InChI is InChI=1S/C30H34N6O3/c31-28-26-27(21-8-10-25(11-9-21)39-24-6-2-1-3-7-24)34-36(29(26)33-20-32-28)23-5-4-16-35(19-23)22-12-14-30(15-13-22)37-17-18-38-30/h1-3,6-11,20,22-23H,4-5,12-19H2,(H2,31,32,33)/t23-/m1/s1. The number of anilines is 1. The summed E-state index contributed by atoms with van der Waals surface area (Å²) < 4.78 is 20.0. The first-order valence-corrected chi connectivity index (χ1v) is 14.0. The molecule has 0 radical (unpaired) electrons. The van der Waals surface area contributed by atoms with Crippen LogP contribution in [0.2, 0.25) is 0 Å². The molecule has 9 nitrogen and oxygen atoms in total. The molecule has 0 bridgehead atoms. The van der Waals surface area contributed by atoms with Crippen LogP contribution in [0.1, 0.15) is 44.6 Å². The fourth-order valence-corrected chi connectivity index (χ4v) is 6.47. The number of ether oxygens (including phenoxy) is 3. The van der Waals surface area contributed by atoms with Crippen LogP contribution in [0.3, 0.4) is 0 Å². The van der Waals surface area contributed by atoms with Crippen molar-refractivity contribution in [3.8, 4) is 22.8 Å². The van der Waals surface area contributed by atoms with Gasteiger partial charge in [-0.3, -0.25) is 4.90 Å². The summed E-state index contributed by atoms with van der Waals surface area (Å²) in [6.07, 6.45) is 7.88. The molecule has 39 heavy (non-hydrogen) atoms. The third kappa shape index (κ3) is 4.75. The van der Waals surface area contributed by atoms with E-state index in [-0.39, 0.29) is 11.8 Å². The van der Waals surface area contributed by atoms with E-state index in [0.29, 0.717) is 11.9 Å². The lowest BCUT2D eigenvalue weighted by molar-refractivity contribution is -0.184. The van der Waals surface area contributed by atoms with Crippen LogP contribution in [0.4, 0.5) is 5.82 Å². The van der Waals surface area contributed by atoms with Gasteiger partial charge in [0.25, 0.3) is 0 Å². The molecule has 1 aliphatic carbocycles. The van der Waals surface area contributed by atoms with E-state index in [1.165, 1.54) is 0 Å². The number of para-hydroxylation sites is 1. The van der Waals surface area contributed by atoms with Crippen molar-refractivity contribution in [2.45, 2.75) is 56.4 Å². The summed E-state index contributed by atoms with van der Waals surface area (Å²) in [6, 6.07) is 18.5. The van der Waals surface area contributed by atoms with Crippen LogP contribution in [-0.4, -0.2) is 62.8 Å². The Morgan fingerprint density at radius 2 is 1.62 bits per heavy atom. The molecule has 4 aromatic rings. The number of fused-ring (bicyclic) bond motifs is 1. The van der Waals surface area contributed by atoms with Crippen LogP contribution in [0.15, 0.2) is 60.9 Å². The largest absolute Gasteiger partial charge is 0.457 e. The molecule has 2 N–H and O–H groups in total. The Hall–Kier alpha value is -3.53. The zero-order valence-corrected chi connectivity index (χ0v) is 22.0. The zero-order valence-electron chi connectivity index (χ0n) is 22.0. The van der Waals surface area contributed by atoms with Crippen LogP contribution in [0, 0.1) is 0 Å². The smallest absolute Gasteiger partial charge is 0.168 e. The lowest BCUT2D eigenvalue weighted by atomic mass is 9.88. The molecule has 2 aromatic carbocycles. The molecule has 7 rings (SSSR count). The molecule has 0 unspecified atom stereocenters. The minimum Gasteiger partial charge on any atom is -0.457 e. The molecule has 1 atom stereocenters. The SMILES string of the molecule is Nc1ncnc2c1c(-c1ccc(Oc3ccccc3)cc1)nn2[C@@H]1CCCN(C2CCC3(CC2)OCCO3)C1. The summed E-state index contributed by atoms with van der Waals surface area (Å²) in [5.41, 5.74) is 8.97. The predicted molar refractivity (Wildman–Crippen MR) is 148 cm³/mol. The average Bonchev–Trinajstić information content (AvgIpc) is 3.60. The number of aromatic nitrogens is 4. The van der Waals surface area contributed by atoms with Gasteiger partial charge in [0.05, 0.1) is 24.6 Å². The molecule has 2 aliphatic heterocycles. The molecule has 2 saturated heterocycles. The molecule has 4 heterocycles. The second-order valence-corrected chi connectivity index (χ2v) is 10.8. The fourth-order valence-electron chi connectivity index (χ4n) is 6.47. The highest BCUT2D eigenvalue weighted by Gasteiger charge is 2.42. The van der Waals surface area contributed by atoms with Gasteiger partial charge in [-0.25, -0.2) is 14.6 Å². The Bertz CT molecular complexity index is 1420. The van der Waals surface area contributed by atoms with E-state index < -0.39 is 0 Å². The van der Waals surface area contributed by atoms with Gasteiger partial charge in [0.15, 0.2) is 11.4 Å². The maximum atomic E-state index is 6.41. The summed E-state index contributed by atoms with van der Waals surface area (Å²) in [4.78, 5) is 11.6. The number of piperidine rings is 1. The molecule has 3 aliphatic rings. The average molecular weight is 527 g/mol. The number of nitrogens with zero attached hydrogens (tertiary/aromatic N) is 5. The van der Waals surface area contributed by atoms with Gasteiger partial charge in [0, 0.05) is 31.0 Å². The van der Waals surface area contributed by atoms with Gasteiger partial charge in [-0.1, -0.05) is 18.2 Å². The van der Waals surface area contributed by atoms with E-state index in [0.717, 1.165) is 98.6 Å². The van der Waals surface area contributed by atoms with Crippen molar-refractivity contribution in [2.75, 3.05) is 32.0 Å². The molecule has 0 amide bonds. The topological polar surface area (TPSA) is 101 Å². The van der Waals surface area contributed by atoms with Gasteiger partial charge >= 0.3 is 0 Å². The van der Waals surface area contributed by atoms with Gasteiger partial charge < -0.3 is 19.9 Å². The Kier molecular flexibility index (Phi) is 6.42. The predicted octanol–water partition coefficient (Wildman–Crippen LogP) is 5.19. The van der Waals surface area contributed by atoms with Gasteiger partial charge in [0.1, 0.15) is 29.3 Å². The Labute approximate surface area is 227 Å². The number of nitrogen functional groups attached to an aromatic ring is 1. The minimum absolute atomic E-state index is 0.222. The Morgan fingerprint density at radius 1 is 0.872 bits per heavy atom. The van der Waals surface area contributed by atoms with Crippen molar-refractivity contribution in [3.05, 3.63) is 60.9 Å². The van der Waals surface area contributed by atoms with Crippen LogP contribution < -0.4 is 10.5 Å². The van der Waals surface area contributed by atoms with Crippen LogP contribution >= 0.6 is 0 Å². The van der Waals surface area contributed by atoms with Crippen LogP contribution in [-0.2, 0) is 9.47 Å². The van der Waals surface area contributed by atoms with Crippen molar-refractivity contribution in [2.24, 2.45) is 0 Å². The monoisotopic (exact) mass is 526 g/mol. The van der Waals surface area contributed by atoms with E-state index in [2.05, 4.69) is 19.5 Å². The van der Waals surface area contributed by atoms with E-state index >= 15 is 0 Å². The number of rotatable bonds is 5. The Balaban J connectivity index is 1.13. The summed E-state index contributed by atoms with van der Waals surface area (Å²) in [7, 11) is 0. The van der Waals surface area contributed by atoms with Gasteiger partial charge in [0.2, 0.25) is 0 Å². The minimum atomic E-state index is -0.324. The fraction of sp³-hybridized carbons (Fsp3) is 0.433. The first-order valence-electron chi connectivity index (χ1n) is 14.0. The highest BCUT2D eigenvalue weighted by Crippen LogP contribution is 2.40. The number of hydrogen-bond acceptors (Lipinski definition) is 8. The summed E-state index contributed by atoms with van der Waals surface area (Å²) >= 11 is 0. The first-order chi connectivity index (χ1) is 19.2. The van der Waals surface area contributed by atoms with Crippen LogP contribution in [0.25, 0.3) is 22.3 Å². The van der Waals surface area contributed by atoms with E-state index in [1.807, 2.05) is 54.6 Å². The second-order valence-electron chi connectivity index (χ2n) is 10.8. The molecule has 1 saturated carbocycles. The van der Waals surface area contributed by atoms with Crippen LogP contribution in [0.5, 0.6) is 11.5 Å². The molecule has 2 aromatic heterocycles. The normalized spacial score (nSPS) is 22.0. The molecule has 9 heteroatoms. The Morgan fingerprint density at radius 3 is 2.38 bits per heavy atom. The van der Waals surface area contributed by atoms with E-state index in [4.69, 9.17) is 25.0 Å². The van der Waals surface area contributed by atoms with Crippen molar-refractivity contribution >= 4 is 16.9 Å². The summed E-state index contributed by atoms with van der Waals surface area (Å²) in [5.74, 6) is 1.70. The van der Waals surface area contributed by atoms with Crippen molar-refractivity contribution < 1.29 is 14.2 Å². The lowest BCUT2D eigenvalue weighted by Gasteiger charge is -2.43. The van der Waals surface area contributed by atoms with E-state index in [1.54, 1.807) is 6.33 Å². The van der Waals surface area contributed by atoms with Gasteiger partial charge in [-0.2, -0.15) is 5.10 Å². The third-order valence-electron chi connectivity index (χ3n) is 8.45. The molecular formula is C30H34N6O3. The third-order valence-corrected chi connectivity index (χ3v) is 8.45. The molecule has 1 spiro atoms. The molecule has 3 fully saturated rings. The van der Waals surface area contributed by atoms with Gasteiger partial charge in [-0.05, 0) is 68.6 Å². The second kappa shape index (κ2) is 10.2. The first kappa shape index (κ1) is 24.5. The van der Waals surface area contributed by atoms with Crippen molar-refractivity contribution in [1.82, 2.24) is 24.6 Å². The summed E-state index contributed by atoms with van der Waals surface area (Å²) in [6.45, 7) is 3.50. The number of hydrogen-bond donors (Lipinski definition) is 1. The molecule has 202 valence electrons. The zero-order chi connectivity index (χ0) is 26.2. The maximum Gasteiger partial charge on any atom is 0.168 e. The summed E-state index contributed by atoms with van der Waals surface area (Å²) in [5, 5.41) is 5.93. The van der Waals surface area contributed by atoms with Crippen molar-refractivity contribution in [3.63, 3.8) is 0 Å². The number of benzene rings is 2. The lowest BCUT2D eigenvalue weighted by Crippen LogP contribution is -2.48. The van der Waals surface area contributed by atoms with E-state index in [9.17, 15) is 0 Å². The van der Waals surface area contributed by atoms with Gasteiger partial charge in [-0.15, -0.1) is 0 Å². The highest BCUT2D eigenvalue weighted by molar-refractivity contribution is 5.98. The van der Waals surface area contributed by atoms with Crippen molar-refractivity contribution in [1.29, 1.82) is 0 Å². The highest BCUT2D eigenvalue weighted by atomic mass is 16.7. The quantitative estimate of drug-likeness (QED) is 0.379. The number of nitrogens with two attached hydrogens (primary N) is 1. The maximum absolute atomic E-state index is 6.41.